The van der Waals surface area contributed by atoms with Gasteiger partial charge in [-0.05, 0) is 35.9 Å². The van der Waals surface area contributed by atoms with Crippen molar-refractivity contribution in [2.75, 3.05) is 0 Å². The predicted octanol–water partition coefficient (Wildman–Crippen LogP) is 2.33. The lowest BCUT2D eigenvalue weighted by Gasteiger charge is -1.98. The third kappa shape index (κ3) is 1.85. The number of hydrogen-bond acceptors (Lipinski definition) is 3. The van der Waals surface area contributed by atoms with Gasteiger partial charge in [-0.15, -0.1) is 0 Å². The average molecular weight is 210 g/mol. The number of benzene rings is 1. The molecule has 0 unspecified atom stereocenters. The van der Waals surface area contributed by atoms with E-state index in [0.29, 0.717) is 11.4 Å². The molecule has 0 amide bonds. The van der Waals surface area contributed by atoms with Crippen LogP contribution in [0.4, 0.5) is 4.39 Å². The van der Waals surface area contributed by atoms with Gasteiger partial charge in [-0.2, -0.15) is 4.98 Å². The van der Waals surface area contributed by atoms with E-state index < -0.39 is 0 Å². The summed E-state index contributed by atoms with van der Waals surface area (Å²) in [5, 5.41) is 0.124. The van der Waals surface area contributed by atoms with Gasteiger partial charge in [-0.1, -0.05) is 0 Å². The SMILES string of the molecule is Fc1ccc(-c2ncnc(Cl)n2)cc1. The lowest BCUT2D eigenvalue weighted by molar-refractivity contribution is 0.628. The zero-order chi connectivity index (χ0) is 9.97. The smallest absolute Gasteiger partial charge is 0.216 e. The molecule has 2 aromatic rings. The second-order valence-corrected chi connectivity index (χ2v) is 2.92. The zero-order valence-corrected chi connectivity index (χ0v) is 7.74. The Bertz CT molecular complexity index is 444. The van der Waals surface area contributed by atoms with E-state index in [1.165, 1.54) is 18.5 Å². The van der Waals surface area contributed by atoms with Crippen molar-refractivity contribution < 1.29 is 4.39 Å². The molecule has 0 bridgehead atoms. The van der Waals surface area contributed by atoms with Crippen molar-refractivity contribution in [3.8, 4) is 11.4 Å². The van der Waals surface area contributed by atoms with E-state index in [9.17, 15) is 4.39 Å². The standard InChI is InChI=1S/C9H5ClFN3/c10-9-13-5-12-8(14-9)6-1-3-7(11)4-2-6/h1-5H. The Balaban J connectivity index is 2.44. The number of nitrogens with zero attached hydrogens (tertiary/aromatic N) is 3. The molecular formula is C9H5ClFN3. The van der Waals surface area contributed by atoms with E-state index in [1.807, 2.05) is 0 Å². The maximum Gasteiger partial charge on any atom is 0.225 e. The van der Waals surface area contributed by atoms with E-state index in [0.717, 1.165) is 0 Å². The van der Waals surface area contributed by atoms with E-state index >= 15 is 0 Å². The first-order valence-electron chi connectivity index (χ1n) is 3.86. The van der Waals surface area contributed by atoms with Crippen LogP contribution in [0.25, 0.3) is 11.4 Å². The van der Waals surface area contributed by atoms with Gasteiger partial charge < -0.3 is 0 Å². The molecule has 1 heterocycles. The molecule has 14 heavy (non-hydrogen) atoms. The molecule has 0 saturated carbocycles. The summed E-state index contributed by atoms with van der Waals surface area (Å²) in [6, 6.07) is 5.85. The molecule has 0 fully saturated rings. The Morgan fingerprint density at radius 1 is 1.07 bits per heavy atom. The van der Waals surface area contributed by atoms with Crippen LogP contribution in [0.1, 0.15) is 0 Å². The number of rotatable bonds is 1. The monoisotopic (exact) mass is 209 g/mol. The molecule has 0 aliphatic carbocycles. The maximum atomic E-state index is 12.6. The zero-order valence-electron chi connectivity index (χ0n) is 6.98. The van der Waals surface area contributed by atoms with Crippen molar-refractivity contribution in [3.05, 3.63) is 41.7 Å². The Kier molecular flexibility index (Phi) is 2.37. The van der Waals surface area contributed by atoms with Crippen LogP contribution >= 0.6 is 11.6 Å². The average Bonchev–Trinajstić information content (AvgIpc) is 2.19. The molecule has 5 heteroatoms. The number of hydrogen-bond donors (Lipinski definition) is 0. The normalized spacial score (nSPS) is 10.1. The molecule has 1 aromatic heterocycles. The van der Waals surface area contributed by atoms with Crippen LogP contribution < -0.4 is 0 Å². The topological polar surface area (TPSA) is 38.7 Å². The minimum absolute atomic E-state index is 0.124. The molecule has 0 N–H and O–H groups in total. The van der Waals surface area contributed by atoms with Gasteiger partial charge in [-0.25, -0.2) is 14.4 Å². The molecule has 0 radical (unpaired) electrons. The van der Waals surface area contributed by atoms with Crippen LogP contribution in [0.15, 0.2) is 30.6 Å². The van der Waals surface area contributed by atoms with Gasteiger partial charge >= 0.3 is 0 Å². The van der Waals surface area contributed by atoms with E-state index in [4.69, 9.17) is 11.6 Å². The molecule has 0 spiro atoms. The molecule has 0 aliphatic heterocycles. The van der Waals surface area contributed by atoms with Crippen molar-refractivity contribution >= 4 is 11.6 Å². The van der Waals surface area contributed by atoms with Crippen molar-refractivity contribution in [2.24, 2.45) is 0 Å². The lowest BCUT2D eigenvalue weighted by Crippen LogP contribution is -1.91. The molecule has 0 aliphatic rings. The van der Waals surface area contributed by atoms with Crippen molar-refractivity contribution in [1.29, 1.82) is 0 Å². The van der Waals surface area contributed by atoms with E-state index in [2.05, 4.69) is 15.0 Å². The fourth-order valence-electron chi connectivity index (χ4n) is 1.01. The summed E-state index contributed by atoms with van der Waals surface area (Å²) in [5.41, 5.74) is 0.704. The van der Waals surface area contributed by atoms with E-state index in [1.54, 1.807) is 12.1 Å². The minimum atomic E-state index is -0.297. The Morgan fingerprint density at radius 3 is 2.43 bits per heavy atom. The summed E-state index contributed by atoms with van der Waals surface area (Å²) in [6.07, 6.45) is 1.31. The number of halogens is 2. The minimum Gasteiger partial charge on any atom is -0.216 e. The molecule has 0 saturated heterocycles. The predicted molar refractivity (Wildman–Crippen MR) is 50.2 cm³/mol. The van der Waals surface area contributed by atoms with E-state index in [-0.39, 0.29) is 11.1 Å². The summed E-state index contributed by atoms with van der Waals surface area (Å²) in [6.45, 7) is 0. The Morgan fingerprint density at radius 2 is 1.79 bits per heavy atom. The largest absolute Gasteiger partial charge is 0.225 e. The van der Waals surface area contributed by atoms with Gasteiger partial charge in [0.25, 0.3) is 0 Å². The summed E-state index contributed by atoms with van der Waals surface area (Å²) in [4.78, 5) is 11.5. The lowest BCUT2D eigenvalue weighted by atomic mass is 10.2. The van der Waals surface area contributed by atoms with Crippen molar-refractivity contribution in [1.82, 2.24) is 15.0 Å². The molecule has 2 rings (SSSR count). The van der Waals surface area contributed by atoms with Crippen LogP contribution in [0.2, 0.25) is 5.28 Å². The highest BCUT2D eigenvalue weighted by molar-refractivity contribution is 6.28. The van der Waals surface area contributed by atoms with Crippen LogP contribution in [-0.2, 0) is 0 Å². The highest BCUT2D eigenvalue weighted by Gasteiger charge is 2.01. The second-order valence-electron chi connectivity index (χ2n) is 2.59. The molecule has 70 valence electrons. The fraction of sp³-hybridized carbons (Fsp3) is 0. The van der Waals surface area contributed by atoms with Gasteiger partial charge in [0, 0.05) is 5.56 Å². The third-order valence-corrected chi connectivity index (χ3v) is 1.83. The Labute approximate surface area is 84.6 Å². The van der Waals surface area contributed by atoms with Gasteiger partial charge in [0.15, 0.2) is 5.82 Å². The van der Waals surface area contributed by atoms with Crippen LogP contribution in [0.5, 0.6) is 0 Å². The highest BCUT2D eigenvalue weighted by atomic mass is 35.5. The highest BCUT2D eigenvalue weighted by Crippen LogP contribution is 2.15. The molecule has 0 atom stereocenters. The molecule has 1 aromatic carbocycles. The fourth-order valence-corrected chi connectivity index (χ4v) is 1.14. The maximum absolute atomic E-state index is 12.6. The summed E-state index contributed by atoms with van der Waals surface area (Å²) >= 11 is 5.59. The second kappa shape index (κ2) is 3.67. The summed E-state index contributed by atoms with van der Waals surface area (Å²) in [5.74, 6) is 0.138. The van der Waals surface area contributed by atoms with Crippen LogP contribution in [0.3, 0.4) is 0 Å². The quantitative estimate of drug-likeness (QED) is 0.724. The number of aromatic nitrogens is 3. The third-order valence-electron chi connectivity index (χ3n) is 1.64. The van der Waals surface area contributed by atoms with Crippen molar-refractivity contribution in [2.45, 2.75) is 0 Å². The van der Waals surface area contributed by atoms with Crippen molar-refractivity contribution in [3.63, 3.8) is 0 Å². The molecule has 3 nitrogen and oxygen atoms in total. The van der Waals surface area contributed by atoms with Gasteiger partial charge in [0.2, 0.25) is 5.28 Å². The first-order chi connectivity index (χ1) is 6.75. The first kappa shape index (κ1) is 9.02. The van der Waals surface area contributed by atoms with Gasteiger partial charge in [0.05, 0.1) is 0 Å². The Hall–Kier alpha value is -1.55. The first-order valence-corrected chi connectivity index (χ1v) is 4.24. The summed E-state index contributed by atoms with van der Waals surface area (Å²) < 4.78 is 12.6. The van der Waals surface area contributed by atoms with Crippen LogP contribution in [-0.4, -0.2) is 15.0 Å². The van der Waals surface area contributed by atoms with Gasteiger partial charge in [0.1, 0.15) is 12.1 Å². The van der Waals surface area contributed by atoms with Crippen LogP contribution in [0, 0.1) is 5.82 Å². The molecular weight excluding hydrogens is 205 g/mol. The van der Waals surface area contributed by atoms with Gasteiger partial charge in [-0.3, -0.25) is 0 Å². The summed E-state index contributed by atoms with van der Waals surface area (Å²) in [7, 11) is 0.